The first-order valence-electron chi connectivity index (χ1n) is 8.74. The fourth-order valence-electron chi connectivity index (χ4n) is 2.91. The lowest BCUT2D eigenvalue weighted by atomic mass is 10.2. The minimum absolute atomic E-state index is 0.0919. The van der Waals surface area contributed by atoms with Crippen molar-refractivity contribution in [2.24, 2.45) is 0 Å². The molecular formula is C21H17F2N3O. The maximum absolute atomic E-state index is 13.9. The number of nitrogens with zero attached hydrogens (tertiary/aromatic N) is 3. The third-order valence-corrected chi connectivity index (χ3v) is 4.49. The zero-order valence-electron chi connectivity index (χ0n) is 14.5. The van der Waals surface area contributed by atoms with E-state index in [2.05, 4.69) is 9.97 Å². The van der Waals surface area contributed by atoms with Crippen molar-refractivity contribution in [2.75, 3.05) is 0 Å². The number of hydrogen-bond donors (Lipinski definition) is 0. The van der Waals surface area contributed by atoms with Gasteiger partial charge in [-0.3, -0.25) is 9.78 Å². The first kappa shape index (κ1) is 17.3. The number of para-hydroxylation sites is 2. The molecule has 0 radical (unpaired) electrons. The van der Waals surface area contributed by atoms with Gasteiger partial charge in [-0.15, -0.1) is 0 Å². The molecule has 0 saturated heterocycles. The molecule has 3 aromatic rings. The second-order valence-electron chi connectivity index (χ2n) is 6.55. The molecule has 2 aromatic carbocycles. The SMILES string of the molecule is O=C(/C=C/c1cnc2ccccc2n1)N(Cc1ccc(F)cc1F)C1CC1. The summed E-state index contributed by atoms with van der Waals surface area (Å²) in [6.45, 7) is 0.114. The van der Waals surface area contributed by atoms with Crippen molar-refractivity contribution in [2.45, 2.75) is 25.4 Å². The highest BCUT2D eigenvalue weighted by Crippen LogP contribution is 2.29. The van der Waals surface area contributed by atoms with E-state index in [9.17, 15) is 13.6 Å². The molecule has 4 rings (SSSR count). The van der Waals surface area contributed by atoms with Crippen molar-refractivity contribution in [3.8, 4) is 0 Å². The Kier molecular flexibility index (Phi) is 4.62. The topological polar surface area (TPSA) is 46.1 Å². The van der Waals surface area contributed by atoms with E-state index in [1.165, 1.54) is 18.2 Å². The van der Waals surface area contributed by atoms with E-state index < -0.39 is 11.6 Å². The molecule has 0 atom stereocenters. The lowest BCUT2D eigenvalue weighted by molar-refractivity contribution is -0.127. The zero-order chi connectivity index (χ0) is 18.8. The monoisotopic (exact) mass is 365 g/mol. The molecule has 0 N–H and O–H groups in total. The molecule has 136 valence electrons. The Morgan fingerprint density at radius 1 is 1.15 bits per heavy atom. The van der Waals surface area contributed by atoms with E-state index in [4.69, 9.17) is 0 Å². The van der Waals surface area contributed by atoms with Crippen molar-refractivity contribution in [1.29, 1.82) is 0 Å². The highest BCUT2D eigenvalue weighted by molar-refractivity contribution is 5.92. The van der Waals surface area contributed by atoms with Crippen molar-refractivity contribution < 1.29 is 13.6 Å². The third kappa shape index (κ3) is 4.00. The van der Waals surface area contributed by atoms with Crippen LogP contribution in [0, 0.1) is 11.6 Å². The largest absolute Gasteiger partial charge is 0.332 e. The summed E-state index contributed by atoms with van der Waals surface area (Å²) in [6, 6.07) is 11.0. The van der Waals surface area contributed by atoms with Crippen LogP contribution in [0.25, 0.3) is 17.1 Å². The normalized spacial score (nSPS) is 14.0. The van der Waals surface area contributed by atoms with Crippen LogP contribution in [0.2, 0.25) is 0 Å². The maximum atomic E-state index is 13.9. The molecule has 0 aliphatic heterocycles. The number of fused-ring (bicyclic) bond motifs is 1. The molecule has 0 unspecified atom stereocenters. The van der Waals surface area contributed by atoms with Crippen LogP contribution >= 0.6 is 0 Å². The minimum Gasteiger partial charge on any atom is -0.332 e. The number of carbonyl (C=O) groups excluding carboxylic acids is 1. The average Bonchev–Trinajstić information content (AvgIpc) is 3.50. The van der Waals surface area contributed by atoms with Gasteiger partial charge in [0, 0.05) is 30.3 Å². The van der Waals surface area contributed by atoms with Crippen LogP contribution in [0.15, 0.2) is 54.7 Å². The van der Waals surface area contributed by atoms with Gasteiger partial charge in [-0.2, -0.15) is 0 Å². The molecule has 1 aliphatic carbocycles. The Hall–Kier alpha value is -3.15. The number of halogens is 2. The van der Waals surface area contributed by atoms with Crippen molar-refractivity contribution in [3.63, 3.8) is 0 Å². The number of aromatic nitrogens is 2. The first-order chi connectivity index (χ1) is 13.1. The fraction of sp³-hybridized carbons (Fsp3) is 0.190. The Morgan fingerprint density at radius 2 is 1.93 bits per heavy atom. The van der Waals surface area contributed by atoms with Gasteiger partial charge in [-0.05, 0) is 37.1 Å². The molecule has 6 heteroatoms. The molecule has 0 bridgehead atoms. The van der Waals surface area contributed by atoms with E-state index >= 15 is 0 Å². The van der Waals surface area contributed by atoms with E-state index in [0.717, 1.165) is 29.9 Å². The second-order valence-corrected chi connectivity index (χ2v) is 6.55. The van der Waals surface area contributed by atoms with E-state index in [0.29, 0.717) is 11.3 Å². The average molecular weight is 365 g/mol. The summed E-state index contributed by atoms with van der Waals surface area (Å²) in [5, 5.41) is 0. The number of amides is 1. The van der Waals surface area contributed by atoms with Gasteiger partial charge in [0.1, 0.15) is 11.6 Å². The molecule has 27 heavy (non-hydrogen) atoms. The van der Waals surface area contributed by atoms with Gasteiger partial charge in [-0.25, -0.2) is 13.8 Å². The predicted octanol–water partition coefficient (Wildman–Crippen LogP) is 4.11. The van der Waals surface area contributed by atoms with Crippen LogP contribution in [0.5, 0.6) is 0 Å². The second kappa shape index (κ2) is 7.23. The predicted molar refractivity (Wildman–Crippen MR) is 98.5 cm³/mol. The van der Waals surface area contributed by atoms with Gasteiger partial charge in [0.2, 0.25) is 5.91 Å². The third-order valence-electron chi connectivity index (χ3n) is 4.49. The van der Waals surface area contributed by atoms with E-state index in [-0.39, 0.29) is 18.5 Å². The standard InChI is InChI=1S/C21H17F2N3O/c22-15-6-5-14(18(23)11-15)13-26(17-8-9-17)21(27)10-7-16-12-24-19-3-1-2-4-20(19)25-16/h1-7,10-12,17H,8-9,13H2/b10-7+. The number of hydrogen-bond acceptors (Lipinski definition) is 3. The van der Waals surface area contributed by atoms with Gasteiger partial charge in [-0.1, -0.05) is 18.2 Å². The summed E-state index contributed by atoms with van der Waals surface area (Å²) in [6.07, 6.45) is 6.42. The van der Waals surface area contributed by atoms with Crippen molar-refractivity contribution >= 4 is 23.0 Å². The summed E-state index contributed by atoms with van der Waals surface area (Å²) < 4.78 is 27.0. The lowest BCUT2D eigenvalue weighted by Gasteiger charge is -2.21. The summed E-state index contributed by atoms with van der Waals surface area (Å²) in [7, 11) is 0. The number of carbonyl (C=O) groups is 1. The molecule has 4 nitrogen and oxygen atoms in total. The van der Waals surface area contributed by atoms with E-state index in [1.807, 2.05) is 24.3 Å². The van der Waals surface area contributed by atoms with Gasteiger partial charge in [0.25, 0.3) is 0 Å². The summed E-state index contributed by atoms with van der Waals surface area (Å²) in [4.78, 5) is 23.0. The van der Waals surface area contributed by atoms with Crippen molar-refractivity contribution in [3.05, 3.63) is 77.6 Å². The molecule has 1 aliphatic rings. The summed E-state index contributed by atoms with van der Waals surface area (Å²) in [5.74, 6) is -1.50. The Labute approximate surface area is 155 Å². The van der Waals surface area contributed by atoms with Crippen LogP contribution in [-0.2, 0) is 11.3 Å². The Morgan fingerprint density at radius 3 is 2.67 bits per heavy atom. The molecule has 1 aromatic heterocycles. The quantitative estimate of drug-likeness (QED) is 0.639. The number of benzene rings is 2. The first-order valence-corrected chi connectivity index (χ1v) is 8.74. The molecular weight excluding hydrogens is 348 g/mol. The van der Waals surface area contributed by atoms with Gasteiger partial charge >= 0.3 is 0 Å². The van der Waals surface area contributed by atoms with Crippen LogP contribution in [0.3, 0.4) is 0 Å². The summed E-state index contributed by atoms with van der Waals surface area (Å²) in [5.41, 5.74) is 2.41. The Balaban J connectivity index is 1.52. The smallest absolute Gasteiger partial charge is 0.247 e. The maximum Gasteiger partial charge on any atom is 0.247 e. The van der Waals surface area contributed by atoms with Gasteiger partial charge < -0.3 is 4.90 Å². The van der Waals surface area contributed by atoms with Crippen LogP contribution < -0.4 is 0 Å². The summed E-state index contributed by atoms with van der Waals surface area (Å²) >= 11 is 0. The highest BCUT2D eigenvalue weighted by Gasteiger charge is 2.32. The zero-order valence-corrected chi connectivity index (χ0v) is 14.5. The van der Waals surface area contributed by atoms with Gasteiger partial charge in [0.15, 0.2) is 0 Å². The van der Waals surface area contributed by atoms with E-state index in [1.54, 1.807) is 17.2 Å². The lowest BCUT2D eigenvalue weighted by Crippen LogP contribution is -2.31. The van der Waals surface area contributed by atoms with Crippen LogP contribution in [-0.4, -0.2) is 26.8 Å². The van der Waals surface area contributed by atoms with Crippen molar-refractivity contribution in [1.82, 2.24) is 14.9 Å². The molecule has 1 saturated carbocycles. The molecule has 1 amide bonds. The molecule has 1 heterocycles. The molecule has 0 spiro atoms. The van der Waals surface area contributed by atoms with Crippen LogP contribution in [0.4, 0.5) is 8.78 Å². The fourth-order valence-corrected chi connectivity index (χ4v) is 2.91. The van der Waals surface area contributed by atoms with Crippen LogP contribution in [0.1, 0.15) is 24.1 Å². The highest BCUT2D eigenvalue weighted by atomic mass is 19.1. The van der Waals surface area contributed by atoms with Gasteiger partial charge in [0.05, 0.1) is 22.9 Å². The molecule has 1 fully saturated rings. The Bertz CT molecular complexity index is 1030. The minimum atomic E-state index is -0.641. The number of rotatable bonds is 5.